The summed E-state index contributed by atoms with van der Waals surface area (Å²) < 4.78 is 8.83. The molecule has 1 aliphatic carbocycles. The smallest absolute Gasteiger partial charge is 0.163 e. The second kappa shape index (κ2) is 5.64. The number of Topliss-reactive ketones (excluding diaryl/α,β-unsaturated/α-hetero) is 1. The molecular formula is C16H17BrN2O2. The van der Waals surface area contributed by atoms with Crippen molar-refractivity contribution in [1.82, 2.24) is 9.78 Å². The van der Waals surface area contributed by atoms with Crippen molar-refractivity contribution in [3.05, 3.63) is 45.2 Å². The van der Waals surface area contributed by atoms with Crippen LogP contribution in [0.3, 0.4) is 0 Å². The number of fused-ring (bicyclic) bond motifs is 1. The van der Waals surface area contributed by atoms with Crippen LogP contribution in [0.25, 0.3) is 0 Å². The molecule has 0 N–H and O–H groups in total. The highest BCUT2D eigenvalue weighted by atomic mass is 79.9. The predicted octanol–water partition coefficient (Wildman–Crippen LogP) is 3.68. The molecule has 0 saturated carbocycles. The Kier molecular flexibility index (Phi) is 3.85. The molecule has 5 heteroatoms. The molecule has 0 atom stereocenters. The molecule has 0 bridgehead atoms. The maximum absolute atomic E-state index is 11.6. The minimum atomic E-state index is 0.235. The van der Waals surface area contributed by atoms with Crippen molar-refractivity contribution in [3.8, 4) is 5.75 Å². The van der Waals surface area contributed by atoms with Crippen molar-refractivity contribution < 1.29 is 9.53 Å². The molecule has 0 saturated heterocycles. The third kappa shape index (κ3) is 2.62. The average molecular weight is 349 g/mol. The van der Waals surface area contributed by atoms with E-state index in [0.29, 0.717) is 13.0 Å². The number of rotatable bonds is 4. The van der Waals surface area contributed by atoms with Gasteiger partial charge in [-0.15, -0.1) is 0 Å². The molecule has 21 heavy (non-hydrogen) atoms. The quantitative estimate of drug-likeness (QED) is 0.846. The zero-order valence-electron chi connectivity index (χ0n) is 12.1. The Balaban J connectivity index is 1.78. The molecule has 3 rings (SSSR count). The largest absolute Gasteiger partial charge is 0.487 e. The van der Waals surface area contributed by atoms with Gasteiger partial charge in [-0.3, -0.25) is 9.48 Å². The Bertz CT molecular complexity index is 707. The lowest BCUT2D eigenvalue weighted by molar-refractivity contribution is 0.0994. The van der Waals surface area contributed by atoms with Gasteiger partial charge < -0.3 is 4.74 Å². The number of benzene rings is 1. The van der Waals surface area contributed by atoms with Gasteiger partial charge in [-0.2, -0.15) is 5.10 Å². The molecular weight excluding hydrogens is 332 g/mol. The minimum absolute atomic E-state index is 0.235. The van der Waals surface area contributed by atoms with Crippen LogP contribution in [0.1, 0.15) is 40.7 Å². The fraction of sp³-hybridized carbons (Fsp3) is 0.375. The molecule has 0 fully saturated rings. The number of carbonyl (C=O) groups is 1. The number of hydrogen-bond acceptors (Lipinski definition) is 3. The fourth-order valence-corrected chi connectivity index (χ4v) is 3.08. The molecule has 110 valence electrons. The first-order chi connectivity index (χ1) is 10.1. The summed E-state index contributed by atoms with van der Waals surface area (Å²) in [6.45, 7) is 5.30. The summed E-state index contributed by atoms with van der Waals surface area (Å²) in [6, 6.07) is 5.72. The number of aryl methyl sites for hydroxylation is 3. The van der Waals surface area contributed by atoms with E-state index >= 15 is 0 Å². The molecule has 2 aromatic rings. The molecule has 0 spiro atoms. The third-order valence-corrected chi connectivity index (χ3v) is 4.86. The SMILES string of the molecule is CCn1nc(C)c(Br)c1COc1ccc2c(c1)CCC2=O. The maximum atomic E-state index is 11.6. The van der Waals surface area contributed by atoms with Crippen LogP contribution in [0.15, 0.2) is 22.7 Å². The topological polar surface area (TPSA) is 44.1 Å². The number of carbonyl (C=O) groups excluding carboxylic acids is 1. The molecule has 0 amide bonds. The second-order valence-corrected chi connectivity index (χ2v) is 5.99. The first-order valence-corrected chi connectivity index (χ1v) is 7.90. The number of aromatic nitrogens is 2. The van der Waals surface area contributed by atoms with Crippen LogP contribution in [0.5, 0.6) is 5.75 Å². The zero-order valence-corrected chi connectivity index (χ0v) is 13.7. The van der Waals surface area contributed by atoms with Gasteiger partial charge in [0.15, 0.2) is 5.78 Å². The van der Waals surface area contributed by atoms with Gasteiger partial charge in [0.25, 0.3) is 0 Å². The van der Waals surface area contributed by atoms with E-state index in [9.17, 15) is 4.79 Å². The summed E-state index contributed by atoms with van der Waals surface area (Å²) in [7, 11) is 0. The first kappa shape index (κ1) is 14.3. The second-order valence-electron chi connectivity index (χ2n) is 5.19. The van der Waals surface area contributed by atoms with Gasteiger partial charge in [-0.25, -0.2) is 0 Å². The standard InChI is InChI=1S/C16H17BrN2O2/c1-3-19-14(16(17)10(2)18-19)9-21-12-5-6-13-11(8-12)4-7-15(13)20/h5-6,8H,3-4,7,9H2,1-2H3. The van der Waals surface area contributed by atoms with Crippen molar-refractivity contribution in [2.24, 2.45) is 0 Å². The Hall–Kier alpha value is -1.62. The highest BCUT2D eigenvalue weighted by Crippen LogP contribution is 2.27. The summed E-state index contributed by atoms with van der Waals surface area (Å²) >= 11 is 3.57. The zero-order chi connectivity index (χ0) is 15.0. The Morgan fingerprint density at radius 1 is 1.38 bits per heavy atom. The van der Waals surface area contributed by atoms with Crippen molar-refractivity contribution >= 4 is 21.7 Å². The lowest BCUT2D eigenvalue weighted by atomic mass is 10.1. The van der Waals surface area contributed by atoms with E-state index in [1.54, 1.807) is 0 Å². The van der Waals surface area contributed by atoms with E-state index in [0.717, 1.165) is 45.7 Å². The molecule has 1 aliphatic rings. The summed E-state index contributed by atoms with van der Waals surface area (Å²) in [5, 5.41) is 4.45. The number of ketones is 1. The lowest BCUT2D eigenvalue weighted by Gasteiger charge is -2.09. The molecule has 4 nitrogen and oxygen atoms in total. The third-order valence-electron chi connectivity index (χ3n) is 3.83. The highest BCUT2D eigenvalue weighted by molar-refractivity contribution is 9.10. The van der Waals surface area contributed by atoms with E-state index in [1.165, 1.54) is 0 Å². The number of ether oxygens (including phenoxy) is 1. The normalized spacial score (nSPS) is 13.6. The van der Waals surface area contributed by atoms with Crippen molar-refractivity contribution in [1.29, 1.82) is 0 Å². The number of hydrogen-bond donors (Lipinski definition) is 0. The van der Waals surface area contributed by atoms with E-state index in [2.05, 4.69) is 28.0 Å². The van der Waals surface area contributed by atoms with Crippen LogP contribution in [-0.4, -0.2) is 15.6 Å². The van der Waals surface area contributed by atoms with E-state index < -0.39 is 0 Å². The van der Waals surface area contributed by atoms with Crippen LogP contribution in [0.2, 0.25) is 0 Å². The summed E-state index contributed by atoms with van der Waals surface area (Å²) in [5.74, 6) is 1.04. The predicted molar refractivity (Wildman–Crippen MR) is 83.8 cm³/mol. The summed E-state index contributed by atoms with van der Waals surface area (Å²) in [4.78, 5) is 11.6. The molecule has 0 radical (unpaired) electrons. The molecule has 0 aliphatic heterocycles. The minimum Gasteiger partial charge on any atom is -0.487 e. The Morgan fingerprint density at radius 2 is 2.19 bits per heavy atom. The number of nitrogens with zero attached hydrogens (tertiary/aromatic N) is 2. The van der Waals surface area contributed by atoms with E-state index in [4.69, 9.17) is 4.74 Å². The monoisotopic (exact) mass is 348 g/mol. The van der Waals surface area contributed by atoms with Gasteiger partial charge in [0.05, 0.1) is 15.9 Å². The summed E-state index contributed by atoms with van der Waals surface area (Å²) in [5.41, 5.74) is 3.94. The average Bonchev–Trinajstić information content (AvgIpc) is 2.98. The Labute approximate surface area is 132 Å². The van der Waals surface area contributed by atoms with Gasteiger partial charge in [-0.1, -0.05) is 0 Å². The first-order valence-electron chi connectivity index (χ1n) is 7.11. The molecule has 1 heterocycles. The van der Waals surface area contributed by atoms with Gasteiger partial charge in [0, 0.05) is 18.5 Å². The van der Waals surface area contributed by atoms with Crippen LogP contribution >= 0.6 is 15.9 Å². The Morgan fingerprint density at radius 3 is 2.95 bits per heavy atom. The van der Waals surface area contributed by atoms with E-state index in [-0.39, 0.29) is 5.78 Å². The maximum Gasteiger partial charge on any atom is 0.163 e. The van der Waals surface area contributed by atoms with Crippen molar-refractivity contribution in [2.75, 3.05) is 0 Å². The van der Waals surface area contributed by atoms with Gasteiger partial charge in [0.1, 0.15) is 12.4 Å². The van der Waals surface area contributed by atoms with Crippen molar-refractivity contribution in [3.63, 3.8) is 0 Å². The van der Waals surface area contributed by atoms with Crippen LogP contribution in [0, 0.1) is 6.92 Å². The number of halogens is 1. The van der Waals surface area contributed by atoms with Crippen LogP contribution < -0.4 is 4.74 Å². The lowest BCUT2D eigenvalue weighted by Crippen LogP contribution is -2.06. The van der Waals surface area contributed by atoms with E-state index in [1.807, 2.05) is 29.8 Å². The van der Waals surface area contributed by atoms with Crippen LogP contribution in [-0.2, 0) is 19.6 Å². The highest BCUT2D eigenvalue weighted by Gasteiger charge is 2.20. The van der Waals surface area contributed by atoms with Crippen LogP contribution in [0.4, 0.5) is 0 Å². The van der Waals surface area contributed by atoms with Gasteiger partial charge in [0.2, 0.25) is 0 Å². The van der Waals surface area contributed by atoms with Gasteiger partial charge in [-0.05, 0) is 60.0 Å². The van der Waals surface area contributed by atoms with Crippen molar-refractivity contribution in [2.45, 2.75) is 39.8 Å². The fourth-order valence-electron chi connectivity index (χ4n) is 2.68. The van der Waals surface area contributed by atoms with Gasteiger partial charge >= 0.3 is 0 Å². The molecule has 1 aromatic heterocycles. The summed E-state index contributed by atoms with van der Waals surface area (Å²) in [6.07, 6.45) is 1.44. The molecule has 1 aromatic carbocycles. The molecule has 0 unspecified atom stereocenters.